The second-order valence-corrected chi connectivity index (χ2v) is 6.76. The Bertz CT molecular complexity index is 619. The number of nitrogens with two attached hydrogens (primary N) is 1. The van der Waals surface area contributed by atoms with Gasteiger partial charge in [-0.1, -0.05) is 43.2 Å². The number of thiazole rings is 1. The predicted molar refractivity (Wildman–Crippen MR) is 97.2 cm³/mol. The number of hydrogen-bond donors (Lipinski definition) is 2. The third-order valence-corrected chi connectivity index (χ3v) is 5.09. The van der Waals surface area contributed by atoms with E-state index in [0.717, 1.165) is 24.1 Å². The van der Waals surface area contributed by atoms with Crippen LogP contribution in [0, 0.1) is 0 Å². The smallest absolute Gasteiger partial charge is 0.247 e. The van der Waals surface area contributed by atoms with Gasteiger partial charge < -0.3 is 11.1 Å². The summed E-state index contributed by atoms with van der Waals surface area (Å²) in [6.45, 7) is 0. The van der Waals surface area contributed by atoms with Gasteiger partial charge in [-0.3, -0.25) is 4.79 Å². The summed E-state index contributed by atoms with van der Waals surface area (Å²) in [6, 6.07) is 8.76. The number of nitrogens with one attached hydrogen (secondary N) is 1. The maximum absolute atomic E-state index is 12.3. The van der Waals surface area contributed by atoms with E-state index >= 15 is 0 Å². The van der Waals surface area contributed by atoms with E-state index in [4.69, 9.17) is 5.73 Å². The highest BCUT2D eigenvalue weighted by Crippen LogP contribution is 2.29. The van der Waals surface area contributed by atoms with E-state index in [0.29, 0.717) is 5.13 Å². The highest BCUT2D eigenvalue weighted by Gasteiger charge is 2.19. The first-order chi connectivity index (χ1) is 10.7. The standard InChI is InChI=1S/C17H21N3OS.ClH/c18-15(12-8-4-3-5-9-12)16(21)20-17-19-13-10-6-1-2-7-11-14(13)22-17;/h3-5,8-9,15H,1-2,6-7,10-11,18H2,(H,19,20,21);1H. The lowest BCUT2D eigenvalue weighted by molar-refractivity contribution is -0.117. The number of carbonyl (C=O) groups is 1. The second-order valence-electron chi connectivity index (χ2n) is 5.68. The number of aromatic nitrogens is 1. The van der Waals surface area contributed by atoms with Gasteiger partial charge in [-0.25, -0.2) is 4.98 Å². The van der Waals surface area contributed by atoms with Crippen LogP contribution in [0.4, 0.5) is 5.13 Å². The molecule has 1 atom stereocenters. The first-order valence-corrected chi connectivity index (χ1v) is 8.65. The molecule has 6 heteroatoms. The molecule has 0 radical (unpaired) electrons. The number of hydrogen-bond acceptors (Lipinski definition) is 4. The molecule has 1 aromatic carbocycles. The number of nitrogens with zero attached hydrogens (tertiary/aromatic N) is 1. The van der Waals surface area contributed by atoms with Crippen molar-refractivity contribution >= 4 is 34.8 Å². The number of rotatable bonds is 3. The van der Waals surface area contributed by atoms with Gasteiger partial charge in [-0.15, -0.1) is 23.7 Å². The molecule has 0 saturated carbocycles. The molecule has 1 aromatic heterocycles. The zero-order valence-electron chi connectivity index (χ0n) is 13.0. The molecule has 2 aromatic rings. The number of anilines is 1. The SMILES string of the molecule is Cl.NC(C(=O)Nc1nc2c(s1)CCCCCC2)c1ccccc1. The van der Waals surface area contributed by atoms with Gasteiger partial charge in [0.1, 0.15) is 6.04 Å². The first kappa shape index (κ1) is 17.9. The topological polar surface area (TPSA) is 68.0 Å². The van der Waals surface area contributed by atoms with Crippen molar-refractivity contribution in [2.45, 2.75) is 44.6 Å². The Hall–Kier alpha value is -1.43. The van der Waals surface area contributed by atoms with Crippen molar-refractivity contribution in [3.63, 3.8) is 0 Å². The molecule has 124 valence electrons. The summed E-state index contributed by atoms with van der Waals surface area (Å²) < 4.78 is 0. The molecule has 1 aliphatic carbocycles. The molecule has 0 spiro atoms. The summed E-state index contributed by atoms with van der Waals surface area (Å²) in [5.74, 6) is -0.201. The van der Waals surface area contributed by atoms with E-state index < -0.39 is 6.04 Å². The van der Waals surface area contributed by atoms with Gasteiger partial charge in [0.2, 0.25) is 5.91 Å². The number of amides is 1. The Morgan fingerprint density at radius 3 is 2.57 bits per heavy atom. The van der Waals surface area contributed by atoms with Gasteiger partial charge in [0.25, 0.3) is 0 Å². The van der Waals surface area contributed by atoms with Crippen molar-refractivity contribution in [2.75, 3.05) is 5.32 Å². The highest BCUT2D eigenvalue weighted by atomic mass is 35.5. The molecule has 0 bridgehead atoms. The van der Waals surface area contributed by atoms with Crippen LogP contribution in [0.5, 0.6) is 0 Å². The molecule has 3 rings (SSSR count). The quantitative estimate of drug-likeness (QED) is 0.882. The van der Waals surface area contributed by atoms with Crippen LogP contribution < -0.4 is 11.1 Å². The molecule has 3 N–H and O–H groups in total. The Morgan fingerprint density at radius 1 is 1.13 bits per heavy atom. The van der Waals surface area contributed by atoms with Crippen LogP contribution in [0.25, 0.3) is 0 Å². The monoisotopic (exact) mass is 351 g/mol. The van der Waals surface area contributed by atoms with E-state index in [1.807, 2.05) is 30.3 Å². The highest BCUT2D eigenvalue weighted by molar-refractivity contribution is 7.15. The Labute approximate surface area is 146 Å². The number of halogens is 1. The largest absolute Gasteiger partial charge is 0.316 e. The Morgan fingerprint density at radius 2 is 1.83 bits per heavy atom. The molecule has 1 aliphatic rings. The predicted octanol–water partition coefficient (Wildman–Crippen LogP) is 3.86. The van der Waals surface area contributed by atoms with Crippen LogP contribution >= 0.6 is 23.7 Å². The third kappa shape index (κ3) is 4.53. The van der Waals surface area contributed by atoms with Crippen molar-refractivity contribution in [2.24, 2.45) is 5.73 Å². The maximum atomic E-state index is 12.3. The first-order valence-electron chi connectivity index (χ1n) is 7.84. The van der Waals surface area contributed by atoms with E-state index in [1.54, 1.807) is 11.3 Å². The van der Waals surface area contributed by atoms with Gasteiger partial charge in [-0.2, -0.15) is 0 Å². The summed E-state index contributed by atoms with van der Waals surface area (Å²) in [5.41, 5.74) is 8.00. The number of aryl methyl sites for hydroxylation is 2. The van der Waals surface area contributed by atoms with Crippen LogP contribution in [0.15, 0.2) is 30.3 Å². The summed E-state index contributed by atoms with van der Waals surface area (Å²) in [7, 11) is 0. The lowest BCUT2D eigenvalue weighted by Gasteiger charge is -2.10. The summed E-state index contributed by atoms with van der Waals surface area (Å²) in [5, 5.41) is 3.57. The minimum Gasteiger partial charge on any atom is -0.316 e. The summed E-state index contributed by atoms with van der Waals surface area (Å²) >= 11 is 1.60. The zero-order chi connectivity index (χ0) is 15.4. The number of carbonyl (C=O) groups excluding carboxylic acids is 1. The van der Waals surface area contributed by atoms with Gasteiger partial charge in [-0.05, 0) is 31.2 Å². The average Bonchev–Trinajstić information content (AvgIpc) is 2.88. The lowest BCUT2D eigenvalue weighted by Crippen LogP contribution is -2.27. The van der Waals surface area contributed by atoms with Gasteiger partial charge in [0, 0.05) is 4.88 Å². The molecule has 1 heterocycles. The van der Waals surface area contributed by atoms with Crippen molar-refractivity contribution < 1.29 is 4.79 Å². The molecule has 0 saturated heterocycles. The van der Waals surface area contributed by atoms with Gasteiger partial charge in [0.15, 0.2) is 5.13 Å². The van der Waals surface area contributed by atoms with Crippen LogP contribution in [0.1, 0.15) is 47.9 Å². The molecular weight excluding hydrogens is 330 g/mol. The van der Waals surface area contributed by atoms with E-state index in [2.05, 4.69) is 10.3 Å². The van der Waals surface area contributed by atoms with E-state index in [1.165, 1.54) is 30.6 Å². The number of fused-ring (bicyclic) bond motifs is 1. The van der Waals surface area contributed by atoms with Gasteiger partial charge in [0.05, 0.1) is 5.69 Å². The van der Waals surface area contributed by atoms with E-state index in [9.17, 15) is 4.79 Å². The minimum absolute atomic E-state index is 0. The van der Waals surface area contributed by atoms with Crippen molar-refractivity contribution in [3.8, 4) is 0 Å². The second kappa shape index (κ2) is 8.43. The molecule has 4 nitrogen and oxygen atoms in total. The molecular formula is C17H22ClN3OS. The molecule has 1 amide bonds. The van der Waals surface area contributed by atoms with Gasteiger partial charge >= 0.3 is 0 Å². The van der Waals surface area contributed by atoms with Crippen molar-refractivity contribution in [3.05, 3.63) is 46.5 Å². The molecule has 23 heavy (non-hydrogen) atoms. The number of benzene rings is 1. The van der Waals surface area contributed by atoms with E-state index in [-0.39, 0.29) is 18.3 Å². The summed E-state index contributed by atoms with van der Waals surface area (Å²) in [6.07, 6.45) is 7.06. The molecule has 0 aliphatic heterocycles. The fourth-order valence-corrected chi connectivity index (χ4v) is 3.81. The van der Waals surface area contributed by atoms with Crippen LogP contribution in [-0.4, -0.2) is 10.9 Å². The Balaban J connectivity index is 0.00000192. The fraction of sp³-hybridized carbons (Fsp3) is 0.412. The maximum Gasteiger partial charge on any atom is 0.247 e. The van der Waals surface area contributed by atoms with Crippen molar-refractivity contribution in [1.82, 2.24) is 4.98 Å². The lowest BCUT2D eigenvalue weighted by atomic mass is 10.0. The summed E-state index contributed by atoms with van der Waals surface area (Å²) in [4.78, 5) is 18.2. The van der Waals surface area contributed by atoms with Crippen LogP contribution in [0.2, 0.25) is 0 Å². The fourth-order valence-electron chi connectivity index (χ4n) is 2.75. The third-order valence-electron chi connectivity index (χ3n) is 4.02. The Kier molecular flexibility index (Phi) is 6.57. The minimum atomic E-state index is -0.660. The van der Waals surface area contributed by atoms with Crippen LogP contribution in [-0.2, 0) is 17.6 Å². The van der Waals surface area contributed by atoms with Crippen LogP contribution in [0.3, 0.4) is 0 Å². The van der Waals surface area contributed by atoms with Crippen molar-refractivity contribution in [1.29, 1.82) is 0 Å². The average molecular weight is 352 g/mol. The normalized spacial score (nSPS) is 15.5. The molecule has 0 fully saturated rings. The zero-order valence-corrected chi connectivity index (χ0v) is 14.6. The molecule has 1 unspecified atom stereocenters.